The number of hydrogen-bond acceptors (Lipinski definition) is 5. The number of benzene rings is 2. The summed E-state index contributed by atoms with van der Waals surface area (Å²) in [6.07, 6.45) is 1.61. The van der Waals surface area contributed by atoms with Crippen LogP contribution in [0.2, 0.25) is 0 Å². The first-order chi connectivity index (χ1) is 11.2. The summed E-state index contributed by atoms with van der Waals surface area (Å²) in [5.74, 6) is 1.25. The maximum absolute atomic E-state index is 9.47. The number of nitrogens with zero attached hydrogens (tertiary/aromatic N) is 1. The fourth-order valence-corrected chi connectivity index (χ4v) is 3.63. The second-order valence-corrected chi connectivity index (χ2v) is 7.11. The van der Waals surface area contributed by atoms with Gasteiger partial charge in [0.05, 0.1) is 22.3 Å². The minimum atomic E-state index is -0.159. The predicted molar refractivity (Wildman–Crippen MR) is 95.9 cm³/mol. The molecular formula is C17H16BrNO3S. The summed E-state index contributed by atoms with van der Waals surface area (Å²) in [5.41, 5.74) is 1.04. The fourth-order valence-electron chi connectivity index (χ4n) is 2.21. The van der Waals surface area contributed by atoms with Crippen LogP contribution in [0.5, 0.6) is 17.2 Å². The highest BCUT2D eigenvalue weighted by Gasteiger charge is 2.13. The fraction of sp³-hybridized carbons (Fsp3) is 0.235. The van der Waals surface area contributed by atoms with Gasteiger partial charge < -0.3 is 14.6 Å². The van der Waals surface area contributed by atoms with Crippen molar-refractivity contribution in [2.45, 2.75) is 17.9 Å². The molecule has 3 rings (SSSR count). The first-order valence-electron chi connectivity index (χ1n) is 7.18. The Labute approximate surface area is 146 Å². The lowest BCUT2D eigenvalue weighted by Crippen LogP contribution is -2.10. The topological polar surface area (TPSA) is 51.6 Å². The van der Waals surface area contributed by atoms with Gasteiger partial charge in [0.2, 0.25) is 0 Å². The molecule has 1 heterocycles. The second kappa shape index (κ2) is 7.19. The number of ether oxygens (including phenoxy) is 2. The minimum absolute atomic E-state index is 0.148. The Morgan fingerprint density at radius 3 is 2.83 bits per heavy atom. The van der Waals surface area contributed by atoms with Crippen LogP contribution in [0, 0.1) is 0 Å². The molecule has 1 aromatic heterocycles. The molecule has 120 valence electrons. The van der Waals surface area contributed by atoms with Gasteiger partial charge in [0.15, 0.2) is 16.5 Å². The van der Waals surface area contributed by atoms with Crippen LogP contribution < -0.4 is 9.47 Å². The largest absolute Gasteiger partial charge is 0.508 e. The molecule has 1 atom stereocenters. The van der Waals surface area contributed by atoms with Crippen LogP contribution in [-0.2, 0) is 6.42 Å². The zero-order chi connectivity index (χ0) is 16.2. The third kappa shape index (κ3) is 3.95. The molecule has 4 nitrogen and oxygen atoms in total. The molecule has 6 heteroatoms. The smallest absolute Gasteiger partial charge is 0.164 e. The third-order valence-corrected chi connectivity index (χ3v) is 5.07. The summed E-state index contributed by atoms with van der Waals surface area (Å²) in [4.78, 5) is 4.62. The van der Waals surface area contributed by atoms with E-state index < -0.39 is 0 Å². The Bertz CT molecular complexity index is 772. The Morgan fingerprint density at radius 1 is 1.22 bits per heavy atom. The maximum Gasteiger partial charge on any atom is 0.164 e. The molecule has 0 spiro atoms. The van der Waals surface area contributed by atoms with E-state index in [1.54, 1.807) is 30.6 Å². The maximum atomic E-state index is 9.47. The van der Waals surface area contributed by atoms with Gasteiger partial charge in [0.25, 0.3) is 0 Å². The quantitative estimate of drug-likeness (QED) is 0.614. The van der Waals surface area contributed by atoms with Crippen LogP contribution in [0.25, 0.3) is 10.2 Å². The van der Waals surface area contributed by atoms with E-state index in [1.165, 1.54) is 10.8 Å². The number of phenols is 1. The highest BCUT2D eigenvalue weighted by molar-refractivity contribution is 9.09. The number of halogens is 1. The van der Waals surface area contributed by atoms with E-state index in [2.05, 4.69) is 27.0 Å². The molecule has 2 aromatic carbocycles. The summed E-state index contributed by atoms with van der Waals surface area (Å²) in [6.45, 7) is 0. The summed E-state index contributed by atoms with van der Waals surface area (Å²) in [5, 5.41) is 10.4. The van der Waals surface area contributed by atoms with Crippen molar-refractivity contribution in [1.82, 2.24) is 4.98 Å². The number of phenolic OH excluding ortho intramolecular Hbond substituents is 1. The number of aryl methyl sites for hydroxylation is 1. The molecule has 0 saturated heterocycles. The Balaban J connectivity index is 1.62. The molecule has 0 fully saturated rings. The molecule has 3 aromatic rings. The monoisotopic (exact) mass is 393 g/mol. The number of aromatic nitrogens is 1. The lowest BCUT2D eigenvalue weighted by molar-refractivity contribution is 0.266. The Kier molecular flexibility index (Phi) is 5.03. The van der Waals surface area contributed by atoms with Gasteiger partial charge in [-0.3, -0.25) is 0 Å². The van der Waals surface area contributed by atoms with Crippen LogP contribution in [0.1, 0.15) is 11.4 Å². The van der Waals surface area contributed by atoms with E-state index in [0.717, 1.165) is 23.4 Å². The van der Waals surface area contributed by atoms with Crippen molar-refractivity contribution in [2.75, 3.05) is 7.11 Å². The van der Waals surface area contributed by atoms with Crippen molar-refractivity contribution in [1.29, 1.82) is 0 Å². The molecule has 0 bridgehead atoms. The molecule has 0 radical (unpaired) electrons. The predicted octanol–water partition coefficient (Wildman–Crippen LogP) is 4.74. The van der Waals surface area contributed by atoms with Crippen molar-refractivity contribution in [3.8, 4) is 17.2 Å². The normalized spacial score (nSPS) is 12.3. The number of fused-ring (bicyclic) bond motifs is 1. The zero-order valence-corrected chi connectivity index (χ0v) is 14.9. The van der Waals surface area contributed by atoms with E-state index in [9.17, 15) is 5.11 Å². The average molecular weight is 394 g/mol. The standard InChI is InChI=1S/C17H16BrNO3S/c1-21-14-10-11(20)6-7-13(14)22-16(18)8-9-17-19-12-4-2-3-5-15(12)23-17/h2-7,10,16,20H,8-9H2,1H3. The molecule has 0 amide bonds. The lowest BCUT2D eigenvalue weighted by atomic mass is 10.3. The second-order valence-electron chi connectivity index (χ2n) is 4.98. The molecule has 0 aliphatic rings. The van der Waals surface area contributed by atoms with Gasteiger partial charge in [-0.15, -0.1) is 11.3 Å². The van der Waals surface area contributed by atoms with Crippen LogP contribution in [-0.4, -0.2) is 22.2 Å². The van der Waals surface area contributed by atoms with Crippen molar-refractivity contribution >= 4 is 37.5 Å². The molecule has 23 heavy (non-hydrogen) atoms. The van der Waals surface area contributed by atoms with Gasteiger partial charge in [-0.25, -0.2) is 4.98 Å². The Hall–Kier alpha value is -1.79. The molecule has 1 N–H and O–H groups in total. The number of para-hydroxylation sites is 1. The highest BCUT2D eigenvalue weighted by atomic mass is 79.9. The first-order valence-corrected chi connectivity index (χ1v) is 8.91. The number of thiazole rings is 1. The van der Waals surface area contributed by atoms with Gasteiger partial charge in [-0.1, -0.05) is 12.1 Å². The van der Waals surface area contributed by atoms with Crippen molar-refractivity contribution in [3.05, 3.63) is 47.5 Å². The number of aromatic hydroxyl groups is 1. The van der Waals surface area contributed by atoms with E-state index in [1.807, 2.05) is 18.2 Å². The van der Waals surface area contributed by atoms with E-state index in [-0.39, 0.29) is 10.8 Å². The molecular weight excluding hydrogens is 378 g/mol. The highest BCUT2D eigenvalue weighted by Crippen LogP contribution is 2.33. The number of hydrogen-bond donors (Lipinski definition) is 1. The van der Waals surface area contributed by atoms with E-state index in [4.69, 9.17) is 9.47 Å². The van der Waals surface area contributed by atoms with Crippen LogP contribution >= 0.6 is 27.3 Å². The molecule has 0 aliphatic carbocycles. The summed E-state index contributed by atoms with van der Waals surface area (Å²) < 4.78 is 12.3. The van der Waals surface area contributed by atoms with E-state index in [0.29, 0.717) is 11.5 Å². The average Bonchev–Trinajstić information content (AvgIpc) is 2.97. The first kappa shape index (κ1) is 16.1. The number of rotatable bonds is 6. The molecule has 0 aliphatic heterocycles. The van der Waals surface area contributed by atoms with Gasteiger partial charge in [-0.05, 0) is 40.2 Å². The van der Waals surface area contributed by atoms with Gasteiger partial charge in [-0.2, -0.15) is 0 Å². The van der Waals surface area contributed by atoms with Gasteiger partial charge in [0, 0.05) is 18.9 Å². The van der Waals surface area contributed by atoms with Crippen LogP contribution in [0.15, 0.2) is 42.5 Å². The summed E-state index contributed by atoms with van der Waals surface area (Å²) >= 11 is 5.24. The van der Waals surface area contributed by atoms with Crippen molar-refractivity contribution < 1.29 is 14.6 Å². The van der Waals surface area contributed by atoms with Gasteiger partial charge >= 0.3 is 0 Å². The van der Waals surface area contributed by atoms with Crippen molar-refractivity contribution in [3.63, 3.8) is 0 Å². The Morgan fingerprint density at radius 2 is 2.04 bits per heavy atom. The van der Waals surface area contributed by atoms with Crippen molar-refractivity contribution in [2.24, 2.45) is 0 Å². The molecule has 0 saturated carbocycles. The molecule has 1 unspecified atom stereocenters. The summed E-state index contributed by atoms with van der Waals surface area (Å²) in [7, 11) is 1.55. The third-order valence-electron chi connectivity index (χ3n) is 3.33. The van der Waals surface area contributed by atoms with E-state index >= 15 is 0 Å². The van der Waals surface area contributed by atoms with Gasteiger partial charge in [0.1, 0.15) is 5.75 Å². The number of alkyl halides is 1. The lowest BCUT2D eigenvalue weighted by Gasteiger charge is -2.15. The summed E-state index contributed by atoms with van der Waals surface area (Å²) in [6, 6.07) is 12.9. The number of methoxy groups -OCH3 is 1. The minimum Gasteiger partial charge on any atom is -0.508 e. The SMILES string of the molecule is COc1cc(O)ccc1OC(Br)CCc1nc2ccccc2s1. The van der Waals surface area contributed by atoms with Crippen LogP contribution in [0.4, 0.5) is 0 Å². The van der Waals surface area contributed by atoms with Crippen LogP contribution in [0.3, 0.4) is 0 Å². The zero-order valence-electron chi connectivity index (χ0n) is 12.5.